The fourth-order valence-electron chi connectivity index (χ4n) is 1.17. The molecule has 0 saturated carbocycles. The second-order valence-corrected chi connectivity index (χ2v) is 4.28. The molecule has 0 aromatic carbocycles. The van der Waals surface area contributed by atoms with E-state index >= 15 is 0 Å². The monoisotopic (exact) mass is 220 g/mol. The topological polar surface area (TPSA) is 72.8 Å². The Hall–Kier alpha value is -0.460. The van der Waals surface area contributed by atoms with Crippen LogP contribution < -0.4 is 5.32 Å². The summed E-state index contributed by atoms with van der Waals surface area (Å²) in [6.45, 7) is 2.00. The van der Waals surface area contributed by atoms with Crippen molar-refractivity contribution < 1.29 is 15.0 Å². The summed E-state index contributed by atoms with van der Waals surface area (Å²) in [4.78, 5) is 12.8. The molecule has 1 rings (SSSR count). The van der Waals surface area contributed by atoms with Gasteiger partial charge in [-0.15, -0.1) is 0 Å². The molecule has 3 N–H and O–H groups in total. The van der Waals surface area contributed by atoms with E-state index in [1.165, 1.54) is 0 Å². The predicted octanol–water partition coefficient (Wildman–Crippen LogP) is -0.902. The van der Waals surface area contributed by atoms with Crippen LogP contribution in [0.5, 0.6) is 0 Å². The fraction of sp³-hybridized carbons (Fsp3) is 0.875. The van der Waals surface area contributed by atoms with Gasteiger partial charge in [0, 0.05) is 31.1 Å². The summed E-state index contributed by atoms with van der Waals surface area (Å²) in [5.41, 5.74) is 0. The normalized spacial score (nSPS) is 18.4. The van der Waals surface area contributed by atoms with Crippen molar-refractivity contribution in [2.24, 2.45) is 0 Å². The fourth-order valence-corrected chi connectivity index (χ4v) is 2.06. The van der Waals surface area contributed by atoms with E-state index < -0.39 is 6.10 Å². The van der Waals surface area contributed by atoms with E-state index in [2.05, 4.69) is 5.32 Å². The minimum absolute atomic E-state index is 0.00620. The first-order chi connectivity index (χ1) is 6.74. The van der Waals surface area contributed by atoms with Gasteiger partial charge in [-0.05, 0) is 0 Å². The van der Waals surface area contributed by atoms with Gasteiger partial charge in [0.2, 0.25) is 0 Å². The van der Waals surface area contributed by atoms with Gasteiger partial charge < -0.3 is 20.4 Å². The number of urea groups is 1. The lowest BCUT2D eigenvalue weighted by Crippen LogP contribution is -2.30. The van der Waals surface area contributed by atoms with Crippen molar-refractivity contribution in [2.45, 2.75) is 6.10 Å². The lowest BCUT2D eigenvalue weighted by atomic mass is 10.4. The van der Waals surface area contributed by atoms with Gasteiger partial charge in [-0.25, -0.2) is 4.79 Å². The number of aliphatic hydroxyl groups excluding tert-OH is 2. The van der Waals surface area contributed by atoms with Crippen LogP contribution in [-0.2, 0) is 0 Å². The number of hydrogen-bond acceptors (Lipinski definition) is 4. The highest BCUT2D eigenvalue weighted by molar-refractivity contribution is 7.99. The Morgan fingerprint density at radius 1 is 1.64 bits per heavy atom. The first kappa shape index (κ1) is 11.6. The number of nitrogens with zero attached hydrogens (tertiary/aromatic N) is 1. The molecule has 0 aromatic heterocycles. The number of amides is 2. The molecule has 0 aromatic rings. The van der Waals surface area contributed by atoms with E-state index in [-0.39, 0.29) is 12.6 Å². The summed E-state index contributed by atoms with van der Waals surface area (Å²) in [5.74, 6) is 1.32. The SMILES string of the molecule is O=C1NCCN1CCSCC(O)CO. The third kappa shape index (κ3) is 3.73. The number of aliphatic hydroxyl groups is 2. The van der Waals surface area contributed by atoms with E-state index in [0.717, 1.165) is 18.8 Å². The van der Waals surface area contributed by atoms with Crippen molar-refractivity contribution >= 4 is 17.8 Å². The van der Waals surface area contributed by atoms with Crippen molar-refractivity contribution in [3.63, 3.8) is 0 Å². The van der Waals surface area contributed by atoms with Crippen molar-refractivity contribution in [3.05, 3.63) is 0 Å². The molecule has 5 nitrogen and oxygen atoms in total. The van der Waals surface area contributed by atoms with Crippen molar-refractivity contribution in [1.82, 2.24) is 10.2 Å². The van der Waals surface area contributed by atoms with Crippen LogP contribution in [0.4, 0.5) is 4.79 Å². The first-order valence-electron chi connectivity index (χ1n) is 4.63. The molecule has 6 heteroatoms. The van der Waals surface area contributed by atoms with Gasteiger partial charge in [-0.1, -0.05) is 0 Å². The molecule has 0 radical (unpaired) electrons. The van der Waals surface area contributed by atoms with Crippen LogP contribution in [0.15, 0.2) is 0 Å². The van der Waals surface area contributed by atoms with Crippen molar-refractivity contribution in [2.75, 3.05) is 37.7 Å². The Balaban J connectivity index is 2.01. The van der Waals surface area contributed by atoms with Crippen LogP contribution >= 0.6 is 11.8 Å². The number of rotatable bonds is 6. The number of carbonyl (C=O) groups is 1. The van der Waals surface area contributed by atoms with E-state index in [9.17, 15) is 4.79 Å². The smallest absolute Gasteiger partial charge is 0.317 e. The van der Waals surface area contributed by atoms with Gasteiger partial charge in [0.25, 0.3) is 0 Å². The quantitative estimate of drug-likeness (QED) is 0.507. The summed E-state index contributed by atoms with van der Waals surface area (Å²) in [5, 5.41) is 20.3. The highest BCUT2D eigenvalue weighted by Crippen LogP contribution is 2.05. The summed E-state index contributed by atoms with van der Waals surface area (Å²) < 4.78 is 0. The van der Waals surface area contributed by atoms with Crippen LogP contribution in [0.1, 0.15) is 0 Å². The Labute approximate surface area is 87.5 Å². The maximum Gasteiger partial charge on any atom is 0.317 e. The van der Waals surface area contributed by atoms with Crippen LogP contribution in [0.3, 0.4) is 0 Å². The van der Waals surface area contributed by atoms with E-state index in [0.29, 0.717) is 12.3 Å². The van der Waals surface area contributed by atoms with Crippen LogP contribution in [-0.4, -0.2) is 65.0 Å². The Kier molecular flexibility index (Phi) is 5.06. The summed E-state index contributed by atoms with van der Waals surface area (Å²) >= 11 is 1.54. The third-order valence-electron chi connectivity index (χ3n) is 1.97. The van der Waals surface area contributed by atoms with Gasteiger partial charge in [-0.2, -0.15) is 11.8 Å². The van der Waals surface area contributed by atoms with Crippen LogP contribution in [0.25, 0.3) is 0 Å². The van der Waals surface area contributed by atoms with Crippen molar-refractivity contribution in [3.8, 4) is 0 Å². The van der Waals surface area contributed by atoms with Crippen molar-refractivity contribution in [1.29, 1.82) is 0 Å². The molecule has 1 aliphatic rings. The van der Waals surface area contributed by atoms with Gasteiger partial charge in [-0.3, -0.25) is 0 Å². The second-order valence-electron chi connectivity index (χ2n) is 3.13. The molecule has 0 spiro atoms. The molecule has 1 heterocycles. The summed E-state index contributed by atoms with van der Waals surface area (Å²) in [6.07, 6.45) is -0.646. The molecule has 82 valence electrons. The molecule has 2 amide bonds. The summed E-state index contributed by atoms with van der Waals surface area (Å²) in [7, 11) is 0. The predicted molar refractivity (Wildman–Crippen MR) is 55.4 cm³/mol. The molecular weight excluding hydrogens is 204 g/mol. The van der Waals surface area contributed by atoms with Gasteiger partial charge in [0.1, 0.15) is 0 Å². The maximum absolute atomic E-state index is 11.1. The third-order valence-corrected chi connectivity index (χ3v) is 3.06. The Morgan fingerprint density at radius 3 is 3.00 bits per heavy atom. The lowest BCUT2D eigenvalue weighted by Gasteiger charge is -2.13. The van der Waals surface area contributed by atoms with E-state index in [1.54, 1.807) is 16.7 Å². The number of thioether (sulfide) groups is 1. The zero-order valence-electron chi connectivity index (χ0n) is 7.98. The van der Waals surface area contributed by atoms with Gasteiger partial charge in [0.05, 0.1) is 12.7 Å². The summed E-state index contributed by atoms with van der Waals surface area (Å²) in [6, 6.07) is -0.00620. The molecular formula is C8H16N2O3S. The minimum atomic E-state index is -0.646. The molecule has 1 aliphatic heterocycles. The average molecular weight is 220 g/mol. The first-order valence-corrected chi connectivity index (χ1v) is 5.79. The molecule has 14 heavy (non-hydrogen) atoms. The minimum Gasteiger partial charge on any atom is -0.394 e. The standard InChI is InChI=1S/C8H16N2O3S/c11-5-7(12)6-14-4-3-10-2-1-9-8(10)13/h7,11-12H,1-6H2,(H,9,13). The Bertz CT molecular complexity index is 191. The average Bonchev–Trinajstić information content (AvgIpc) is 2.58. The number of nitrogens with one attached hydrogen (secondary N) is 1. The number of hydrogen-bond donors (Lipinski definition) is 3. The molecule has 1 fully saturated rings. The molecule has 0 bridgehead atoms. The van der Waals surface area contributed by atoms with Gasteiger partial charge in [0.15, 0.2) is 0 Å². The largest absolute Gasteiger partial charge is 0.394 e. The highest BCUT2D eigenvalue weighted by Gasteiger charge is 2.18. The van der Waals surface area contributed by atoms with Crippen LogP contribution in [0.2, 0.25) is 0 Å². The Morgan fingerprint density at radius 2 is 2.43 bits per heavy atom. The highest BCUT2D eigenvalue weighted by atomic mass is 32.2. The van der Waals surface area contributed by atoms with Crippen LogP contribution in [0, 0.1) is 0 Å². The number of carbonyl (C=O) groups excluding carboxylic acids is 1. The van der Waals surface area contributed by atoms with E-state index in [4.69, 9.17) is 10.2 Å². The van der Waals surface area contributed by atoms with Gasteiger partial charge >= 0.3 is 6.03 Å². The zero-order chi connectivity index (χ0) is 10.4. The lowest BCUT2D eigenvalue weighted by molar-refractivity contribution is 0.113. The zero-order valence-corrected chi connectivity index (χ0v) is 8.79. The molecule has 1 saturated heterocycles. The maximum atomic E-state index is 11.1. The van der Waals surface area contributed by atoms with E-state index in [1.807, 2.05) is 0 Å². The molecule has 0 aliphatic carbocycles. The molecule has 1 atom stereocenters. The molecule has 1 unspecified atom stereocenters. The second kappa shape index (κ2) is 6.10.